The van der Waals surface area contributed by atoms with Crippen LogP contribution in [0.2, 0.25) is 0 Å². The van der Waals surface area contributed by atoms with E-state index in [0.717, 1.165) is 0 Å². The Bertz CT molecular complexity index is 156. The van der Waals surface area contributed by atoms with Crippen LogP contribution >= 0.6 is 0 Å². The molecule has 1 amide bonds. The van der Waals surface area contributed by atoms with Gasteiger partial charge in [0.1, 0.15) is 0 Å². The molecule has 0 aromatic heterocycles. The van der Waals surface area contributed by atoms with E-state index in [1.807, 2.05) is 0 Å². The zero-order valence-corrected chi connectivity index (χ0v) is 7.49. The van der Waals surface area contributed by atoms with Crippen LogP contribution in [0.25, 0.3) is 0 Å². The molecule has 1 saturated heterocycles. The van der Waals surface area contributed by atoms with E-state index in [9.17, 15) is 4.79 Å². The fourth-order valence-corrected chi connectivity index (χ4v) is 1.04. The third kappa shape index (κ3) is 3.71. The van der Waals surface area contributed by atoms with Gasteiger partial charge in [0.2, 0.25) is 0 Å². The first kappa shape index (κ1) is 10.4. The Labute approximate surface area is 77.0 Å². The molecule has 0 spiro atoms. The molecule has 76 valence electrons. The van der Waals surface area contributed by atoms with Crippen molar-refractivity contribution < 1.29 is 19.4 Å². The summed E-state index contributed by atoms with van der Waals surface area (Å²) in [5.74, 6) is -0.159. The van der Waals surface area contributed by atoms with Crippen LogP contribution in [0.3, 0.4) is 0 Å². The van der Waals surface area contributed by atoms with Crippen LogP contribution in [0.15, 0.2) is 0 Å². The molecular formula is C8H15NO4. The van der Waals surface area contributed by atoms with Crippen LogP contribution in [0.5, 0.6) is 0 Å². The lowest BCUT2D eigenvalue weighted by atomic mass is 10.3. The predicted octanol–water partition coefficient (Wildman–Crippen LogP) is -1.10. The number of aliphatic hydroxyl groups is 1. The molecule has 5 heteroatoms. The number of ether oxygens (including phenoxy) is 2. The number of rotatable bonds is 4. The summed E-state index contributed by atoms with van der Waals surface area (Å²) in [6.07, 6.45) is 0.0895. The molecule has 5 nitrogen and oxygen atoms in total. The first-order valence-electron chi connectivity index (χ1n) is 4.42. The van der Waals surface area contributed by atoms with Crippen molar-refractivity contribution in [3.8, 4) is 0 Å². The number of aliphatic hydroxyl groups excluding tert-OH is 1. The molecule has 1 rings (SSSR count). The monoisotopic (exact) mass is 189 g/mol. The highest BCUT2D eigenvalue weighted by molar-refractivity contribution is 5.80. The van der Waals surface area contributed by atoms with Crippen molar-refractivity contribution in [2.75, 3.05) is 33.0 Å². The number of amides is 1. The van der Waals surface area contributed by atoms with E-state index in [1.165, 1.54) is 0 Å². The highest BCUT2D eigenvalue weighted by Gasteiger charge is 2.21. The molecule has 1 aliphatic rings. The highest BCUT2D eigenvalue weighted by atomic mass is 16.6. The predicted molar refractivity (Wildman–Crippen MR) is 45.3 cm³/mol. The van der Waals surface area contributed by atoms with Gasteiger partial charge in [-0.05, 0) is 6.42 Å². The van der Waals surface area contributed by atoms with Crippen molar-refractivity contribution in [3.05, 3.63) is 0 Å². The molecule has 0 saturated carbocycles. The van der Waals surface area contributed by atoms with Gasteiger partial charge in [-0.1, -0.05) is 0 Å². The van der Waals surface area contributed by atoms with Crippen LogP contribution in [0.4, 0.5) is 0 Å². The van der Waals surface area contributed by atoms with E-state index in [4.69, 9.17) is 14.6 Å². The summed E-state index contributed by atoms with van der Waals surface area (Å²) in [5, 5.41) is 11.1. The van der Waals surface area contributed by atoms with Crippen LogP contribution in [0.1, 0.15) is 6.42 Å². The molecule has 0 aliphatic carbocycles. The van der Waals surface area contributed by atoms with E-state index >= 15 is 0 Å². The van der Waals surface area contributed by atoms with Crippen LogP contribution in [0, 0.1) is 0 Å². The number of carbonyl (C=O) groups is 1. The van der Waals surface area contributed by atoms with Gasteiger partial charge in [-0.2, -0.15) is 0 Å². The van der Waals surface area contributed by atoms with Gasteiger partial charge in [-0.25, -0.2) is 0 Å². The molecule has 1 fully saturated rings. The zero-order valence-electron chi connectivity index (χ0n) is 7.49. The maximum absolute atomic E-state index is 11.3. The third-order valence-corrected chi connectivity index (χ3v) is 1.74. The number of hydrogen-bond donors (Lipinski definition) is 2. The average molecular weight is 189 g/mol. The molecular weight excluding hydrogens is 174 g/mol. The Kier molecular flexibility index (Phi) is 4.74. The Morgan fingerprint density at radius 3 is 3.00 bits per heavy atom. The normalized spacial score (nSPS) is 22.7. The number of hydrogen-bond acceptors (Lipinski definition) is 4. The Morgan fingerprint density at radius 2 is 2.38 bits per heavy atom. The molecule has 0 radical (unpaired) electrons. The van der Waals surface area contributed by atoms with Crippen molar-refractivity contribution in [3.63, 3.8) is 0 Å². The summed E-state index contributed by atoms with van der Waals surface area (Å²) in [4.78, 5) is 11.3. The fourth-order valence-electron chi connectivity index (χ4n) is 1.04. The lowest BCUT2D eigenvalue weighted by Crippen LogP contribution is -2.43. The number of carbonyl (C=O) groups excluding carboxylic acids is 1. The average Bonchev–Trinajstić information content (AvgIpc) is 2.19. The molecule has 13 heavy (non-hydrogen) atoms. The summed E-state index contributed by atoms with van der Waals surface area (Å²) in [6.45, 7) is 1.92. The van der Waals surface area contributed by atoms with E-state index in [-0.39, 0.29) is 12.5 Å². The summed E-state index contributed by atoms with van der Waals surface area (Å²) in [5.41, 5.74) is 0. The van der Waals surface area contributed by atoms with E-state index < -0.39 is 6.10 Å². The highest BCUT2D eigenvalue weighted by Crippen LogP contribution is 2.00. The molecule has 2 N–H and O–H groups in total. The summed E-state index contributed by atoms with van der Waals surface area (Å²) >= 11 is 0. The molecule has 0 aromatic rings. The van der Waals surface area contributed by atoms with Gasteiger partial charge in [-0.3, -0.25) is 4.79 Å². The molecule has 1 aliphatic heterocycles. The van der Waals surface area contributed by atoms with Crippen LogP contribution in [-0.2, 0) is 14.3 Å². The maximum Gasteiger partial charge on any atom is 0.251 e. The Morgan fingerprint density at radius 1 is 1.54 bits per heavy atom. The van der Waals surface area contributed by atoms with E-state index in [2.05, 4.69) is 5.32 Å². The van der Waals surface area contributed by atoms with E-state index in [1.54, 1.807) is 0 Å². The van der Waals surface area contributed by atoms with Crippen molar-refractivity contribution in [2.24, 2.45) is 0 Å². The largest absolute Gasteiger partial charge is 0.396 e. The van der Waals surface area contributed by atoms with Crippen LogP contribution < -0.4 is 5.32 Å². The summed E-state index contributed by atoms with van der Waals surface area (Å²) < 4.78 is 10.2. The topological polar surface area (TPSA) is 67.8 Å². The molecule has 1 heterocycles. The first-order chi connectivity index (χ1) is 6.34. The standard InChI is InChI=1S/C8H15NO4/c10-3-1-2-9-8(11)7-6-12-4-5-13-7/h7,10H,1-6H2,(H,9,11). The molecule has 0 aromatic carbocycles. The Balaban J connectivity index is 2.13. The molecule has 1 unspecified atom stereocenters. The van der Waals surface area contributed by atoms with Crippen molar-refractivity contribution >= 4 is 5.91 Å². The minimum atomic E-state index is -0.479. The minimum Gasteiger partial charge on any atom is -0.396 e. The van der Waals surface area contributed by atoms with Gasteiger partial charge < -0.3 is 19.9 Å². The Hall–Kier alpha value is -0.650. The van der Waals surface area contributed by atoms with Crippen molar-refractivity contribution in [2.45, 2.75) is 12.5 Å². The second kappa shape index (κ2) is 5.90. The minimum absolute atomic E-state index is 0.0856. The SMILES string of the molecule is O=C(NCCCO)C1COCCO1. The van der Waals surface area contributed by atoms with Gasteiger partial charge in [0, 0.05) is 13.2 Å². The summed E-state index contributed by atoms with van der Waals surface area (Å²) in [7, 11) is 0. The lowest BCUT2D eigenvalue weighted by Gasteiger charge is -2.21. The quantitative estimate of drug-likeness (QED) is 0.551. The van der Waals surface area contributed by atoms with Gasteiger partial charge in [-0.15, -0.1) is 0 Å². The first-order valence-corrected chi connectivity index (χ1v) is 4.42. The second-order valence-corrected chi connectivity index (χ2v) is 2.80. The van der Waals surface area contributed by atoms with Gasteiger partial charge >= 0.3 is 0 Å². The molecule has 1 atom stereocenters. The number of nitrogens with one attached hydrogen (secondary N) is 1. The zero-order chi connectivity index (χ0) is 9.52. The third-order valence-electron chi connectivity index (χ3n) is 1.74. The van der Waals surface area contributed by atoms with Crippen molar-refractivity contribution in [1.29, 1.82) is 0 Å². The maximum atomic E-state index is 11.3. The van der Waals surface area contributed by atoms with E-state index in [0.29, 0.717) is 32.8 Å². The second-order valence-electron chi connectivity index (χ2n) is 2.80. The van der Waals surface area contributed by atoms with Gasteiger partial charge in [0.05, 0.1) is 19.8 Å². The smallest absolute Gasteiger partial charge is 0.251 e. The lowest BCUT2D eigenvalue weighted by molar-refractivity contribution is -0.147. The van der Waals surface area contributed by atoms with Gasteiger partial charge in [0.15, 0.2) is 6.10 Å². The molecule has 0 bridgehead atoms. The van der Waals surface area contributed by atoms with Crippen LogP contribution in [-0.4, -0.2) is 50.1 Å². The van der Waals surface area contributed by atoms with Crippen molar-refractivity contribution in [1.82, 2.24) is 5.32 Å². The van der Waals surface area contributed by atoms with Gasteiger partial charge in [0.25, 0.3) is 5.91 Å². The fraction of sp³-hybridized carbons (Fsp3) is 0.875. The summed E-state index contributed by atoms with van der Waals surface area (Å²) in [6, 6.07) is 0.